The van der Waals surface area contributed by atoms with Crippen LogP contribution in [0.1, 0.15) is 49.4 Å². The summed E-state index contributed by atoms with van der Waals surface area (Å²) in [6.45, 7) is 0.707. The Balaban J connectivity index is 1.78. The van der Waals surface area contributed by atoms with Crippen LogP contribution in [-0.2, 0) is 4.79 Å². The molecule has 0 radical (unpaired) electrons. The van der Waals surface area contributed by atoms with Crippen LogP contribution in [0.15, 0.2) is 17.5 Å². The van der Waals surface area contributed by atoms with E-state index in [4.69, 9.17) is 0 Å². The highest BCUT2D eigenvalue weighted by Crippen LogP contribution is 2.26. The molecule has 1 saturated carbocycles. The summed E-state index contributed by atoms with van der Waals surface area (Å²) in [6.07, 6.45) is 7.12. The van der Waals surface area contributed by atoms with Gasteiger partial charge in [0.1, 0.15) is 0 Å². The molecule has 0 bridgehead atoms. The van der Waals surface area contributed by atoms with Crippen LogP contribution in [0.2, 0.25) is 0 Å². The summed E-state index contributed by atoms with van der Waals surface area (Å²) in [5.74, 6) is 0.837. The zero-order valence-corrected chi connectivity index (χ0v) is 13.4. The second-order valence-electron chi connectivity index (χ2n) is 6.01. The van der Waals surface area contributed by atoms with Gasteiger partial charge in [0.25, 0.3) is 0 Å². The first-order valence-corrected chi connectivity index (χ1v) is 8.51. The predicted molar refractivity (Wildman–Crippen MR) is 84.9 cm³/mol. The molecule has 1 aromatic heterocycles. The molecule has 1 heterocycles. The van der Waals surface area contributed by atoms with Crippen LogP contribution in [0.4, 0.5) is 0 Å². The molecular formula is C16H26N2OS. The third-order valence-corrected chi connectivity index (χ3v) is 5.16. The first kappa shape index (κ1) is 15.5. The van der Waals surface area contributed by atoms with Crippen molar-refractivity contribution in [1.82, 2.24) is 10.2 Å². The molecule has 1 fully saturated rings. The van der Waals surface area contributed by atoms with Gasteiger partial charge in [-0.05, 0) is 44.3 Å². The number of nitrogens with one attached hydrogen (secondary N) is 1. The normalized spacial score (nSPS) is 18.1. The lowest BCUT2D eigenvalue weighted by Crippen LogP contribution is -2.35. The van der Waals surface area contributed by atoms with Crippen molar-refractivity contribution in [2.45, 2.75) is 44.6 Å². The summed E-state index contributed by atoms with van der Waals surface area (Å²) >= 11 is 1.75. The van der Waals surface area contributed by atoms with Crippen LogP contribution in [0.25, 0.3) is 0 Å². The van der Waals surface area contributed by atoms with E-state index in [9.17, 15) is 4.79 Å². The molecule has 1 atom stereocenters. The minimum absolute atomic E-state index is 0.223. The number of likely N-dealkylation sites (N-methyl/N-ethyl adjacent to an activating group) is 1. The minimum atomic E-state index is 0.223. The Bertz CT molecular complexity index is 397. The molecule has 0 spiro atoms. The number of rotatable bonds is 6. The molecule has 0 saturated heterocycles. The summed E-state index contributed by atoms with van der Waals surface area (Å²) in [7, 11) is 4.13. The number of carbonyl (C=O) groups is 1. The van der Waals surface area contributed by atoms with Crippen LogP contribution in [0, 0.1) is 5.92 Å². The van der Waals surface area contributed by atoms with E-state index in [1.165, 1.54) is 37.0 Å². The third kappa shape index (κ3) is 4.60. The van der Waals surface area contributed by atoms with Gasteiger partial charge in [-0.1, -0.05) is 25.3 Å². The lowest BCUT2D eigenvalue weighted by atomic mass is 9.87. The SMILES string of the molecule is CN(C)C(CNC(=O)CC1CCCCC1)c1cccs1. The number of thiophene rings is 1. The zero-order valence-electron chi connectivity index (χ0n) is 12.6. The van der Waals surface area contributed by atoms with Gasteiger partial charge >= 0.3 is 0 Å². The largest absolute Gasteiger partial charge is 0.354 e. The highest BCUT2D eigenvalue weighted by molar-refractivity contribution is 7.10. The van der Waals surface area contributed by atoms with E-state index in [1.807, 2.05) is 0 Å². The molecule has 2 rings (SSSR count). The molecule has 0 aliphatic heterocycles. The van der Waals surface area contributed by atoms with Gasteiger partial charge in [0, 0.05) is 17.8 Å². The zero-order chi connectivity index (χ0) is 14.4. The molecule has 4 heteroatoms. The van der Waals surface area contributed by atoms with E-state index in [-0.39, 0.29) is 11.9 Å². The number of carbonyl (C=O) groups excluding carboxylic acids is 1. The molecule has 1 aliphatic carbocycles. The molecular weight excluding hydrogens is 268 g/mol. The first-order valence-electron chi connectivity index (χ1n) is 7.63. The maximum Gasteiger partial charge on any atom is 0.220 e. The first-order chi connectivity index (χ1) is 9.66. The quantitative estimate of drug-likeness (QED) is 0.871. The van der Waals surface area contributed by atoms with Gasteiger partial charge in [-0.25, -0.2) is 0 Å². The van der Waals surface area contributed by atoms with E-state index in [2.05, 4.69) is 41.8 Å². The minimum Gasteiger partial charge on any atom is -0.354 e. The average Bonchev–Trinajstić information content (AvgIpc) is 2.93. The van der Waals surface area contributed by atoms with Gasteiger partial charge in [0.2, 0.25) is 5.91 Å². The van der Waals surface area contributed by atoms with Crippen molar-refractivity contribution in [3.05, 3.63) is 22.4 Å². The Morgan fingerprint density at radius 2 is 2.15 bits per heavy atom. The lowest BCUT2D eigenvalue weighted by Gasteiger charge is -2.25. The highest BCUT2D eigenvalue weighted by atomic mass is 32.1. The fourth-order valence-electron chi connectivity index (χ4n) is 2.95. The molecule has 112 valence electrons. The number of amides is 1. The van der Waals surface area contributed by atoms with Crippen molar-refractivity contribution < 1.29 is 4.79 Å². The van der Waals surface area contributed by atoms with Crippen LogP contribution in [-0.4, -0.2) is 31.4 Å². The fraction of sp³-hybridized carbons (Fsp3) is 0.688. The molecule has 3 nitrogen and oxygen atoms in total. The van der Waals surface area contributed by atoms with Crippen molar-refractivity contribution in [3.63, 3.8) is 0 Å². The Morgan fingerprint density at radius 1 is 1.40 bits per heavy atom. The Labute approximate surface area is 126 Å². The number of nitrogens with zero attached hydrogens (tertiary/aromatic N) is 1. The molecule has 1 amide bonds. The van der Waals surface area contributed by atoms with Gasteiger partial charge in [0.05, 0.1) is 6.04 Å². The predicted octanol–water partition coefficient (Wildman–Crippen LogP) is 3.44. The van der Waals surface area contributed by atoms with Crippen molar-refractivity contribution in [2.75, 3.05) is 20.6 Å². The molecule has 20 heavy (non-hydrogen) atoms. The molecule has 0 aromatic carbocycles. The van der Waals surface area contributed by atoms with Crippen molar-refractivity contribution in [3.8, 4) is 0 Å². The Morgan fingerprint density at radius 3 is 2.75 bits per heavy atom. The van der Waals surface area contributed by atoms with Gasteiger partial charge in [-0.3, -0.25) is 4.79 Å². The summed E-state index contributed by atoms with van der Waals surface area (Å²) in [5.41, 5.74) is 0. The smallest absolute Gasteiger partial charge is 0.220 e. The van der Waals surface area contributed by atoms with Gasteiger partial charge in [-0.15, -0.1) is 11.3 Å². The van der Waals surface area contributed by atoms with Crippen LogP contribution in [0.5, 0.6) is 0 Å². The van der Waals surface area contributed by atoms with E-state index in [0.29, 0.717) is 18.9 Å². The van der Waals surface area contributed by atoms with E-state index < -0.39 is 0 Å². The Hall–Kier alpha value is -0.870. The van der Waals surface area contributed by atoms with Crippen LogP contribution in [0.3, 0.4) is 0 Å². The van der Waals surface area contributed by atoms with E-state index in [1.54, 1.807) is 11.3 Å². The van der Waals surface area contributed by atoms with E-state index in [0.717, 1.165) is 0 Å². The maximum atomic E-state index is 12.1. The molecule has 1 aromatic rings. The highest BCUT2D eigenvalue weighted by Gasteiger charge is 2.19. The van der Waals surface area contributed by atoms with Crippen molar-refractivity contribution >= 4 is 17.2 Å². The van der Waals surface area contributed by atoms with Gasteiger partial charge < -0.3 is 10.2 Å². The molecule has 1 aliphatic rings. The average molecular weight is 294 g/mol. The van der Waals surface area contributed by atoms with Crippen molar-refractivity contribution in [1.29, 1.82) is 0 Å². The molecule has 1 N–H and O–H groups in total. The monoisotopic (exact) mass is 294 g/mol. The Kier molecular flexibility index (Phi) is 6.05. The van der Waals surface area contributed by atoms with Crippen LogP contribution < -0.4 is 5.32 Å². The fourth-order valence-corrected chi connectivity index (χ4v) is 3.88. The topological polar surface area (TPSA) is 32.3 Å². The number of hydrogen-bond acceptors (Lipinski definition) is 3. The van der Waals surface area contributed by atoms with Gasteiger partial charge in [0.15, 0.2) is 0 Å². The maximum absolute atomic E-state index is 12.1. The number of hydrogen-bond donors (Lipinski definition) is 1. The second-order valence-corrected chi connectivity index (χ2v) is 6.99. The van der Waals surface area contributed by atoms with E-state index >= 15 is 0 Å². The summed E-state index contributed by atoms with van der Waals surface area (Å²) < 4.78 is 0. The standard InChI is InChI=1S/C16H26N2OS/c1-18(2)14(15-9-6-10-20-15)12-17-16(19)11-13-7-4-3-5-8-13/h6,9-10,13-14H,3-5,7-8,11-12H2,1-2H3,(H,17,19). The van der Waals surface area contributed by atoms with Gasteiger partial charge in [-0.2, -0.15) is 0 Å². The summed E-state index contributed by atoms with van der Waals surface area (Å²) in [4.78, 5) is 15.6. The molecule has 1 unspecified atom stereocenters. The third-order valence-electron chi connectivity index (χ3n) is 4.19. The second kappa shape index (κ2) is 7.79. The lowest BCUT2D eigenvalue weighted by molar-refractivity contribution is -0.122. The van der Waals surface area contributed by atoms with Crippen LogP contribution >= 0.6 is 11.3 Å². The summed E-state index contributed by atoms with van der Waals surface area (Å²) in [5, 5.41) is 5.22. The van der Waals surface area contributed by atoms with Crippen molar-refractivity contribution in [2.24, 2.45) is 5.92 Å². The summed E-state index contributed by atoms with van der Waals surface area (Å²) in [6, 6.07) is 4.49.